The first-order valence-corrected chi connectivity index (χ1v) is 7.53. The number of aromatic nitrogens is 1. The molecule has 4 heteroatoms. The predicted octanol–water partition coefficient (Wildman–Crippen LogP) is 3.69. The molecule has 1 heterocycles. The zero-order valence-corrected chi connectivity index (χ0v) is 12.5. The van der Waals surface area contributed by atoms with E-state index in [0.717, 1.165) is 30.3 Å². The average Bonchev–Trinajstić information content (AvgIpc) is 2.75. The molecule has 0 amide bonds. The van der Waals surface area contributed by atoms with E-state index in [-0.39, 0.29) is 0 Å². The van der Waals surface area contributed by atoms with Gasteiger partial charge in [-0.3, -0.25) is 0 Å². The lowest BCUT2D eigenvalue weighted by Gasteiger charge is -2.04. The summed E-state index contributed by atoms with van der Waals surface area (Å²) in [4.78, 5) is 1.28. The molecule has 0 radical (unpaired) electrons. The molecule has 0 fully saturated rings. The zero-order chi connectivity index (χ0) is 13.7. The Kier molecular flexibility index (Phi) is 5.05. The molecule has 0 saturated heterocycles. The average molecular weight is 276 g/mol. The molecule has 1 aromatic carbocycles. The van der Waals surface area contributed by atoms with Gasteiger partial charge in [0, 0.05) is 22.8 Å². The number of hydrogen-bond donors (Lipinski definition) is 1. The number of hydrogen-bond acceptors (Lipinski definition) is 4. The Morgan fingerprint density at radius 3 is 2.53 bits per heavy atom. The highest BCUT2D eigenvalue weighted by Gasteiger charge is 2.08. The summed E-state index contributed by atoms with van der Waals surface area (Å²) in [5.41, 5.74) is 3.53. The second kappa shape index (κ2) is 6.78. The topological polar surface area (TPSA) is 38.1 Å². The van der Waals surface area contributed by atoms with E-state index in [4.69, 9.17) is 4.52 Å². The summed E-state index contributed by atoms with van der Waals surface area (Å²) in [5, 5.41) is 7.31. The molecule has 0 saturated carbocycles. The predicted molar refractivity (Wildman–Crippen MR) is 79.4 cm³/mol. The first-order valence-electron chi connectivity index (χ1n) is 6.55. The number of nitrogens with zero attached hydrogens (tertiary/aromatic N) is 1. The lowest BCUT2D eigenvalue weighted by Crippen LogP contribution is -2.11. The lowest BCUT2D eigenvalue weighted by molar-refractivity contribution is 0.392. The molecule has 0 aliphatic rings. The number of nitrogens with one attached hydrogen (secondary N) is 1. The molecule has 0 atom stereocenters. The minimum absolute atomic E-state index is 0.910. The van der Waals surface area contributed by atoms with E-state index in [1.165, 1.54) is 16.0 Å². The van der Waals surface area contributed by atoms with Crippen LogP contribution in [0.25, 0.3) is 0 Å². The number of rotatable bonds is 6. The van der Waals surface area contributed by atoms with Gasteiger partial charge in [0.05, 0.1) is 5.69 Å². The van der Waals surface area contributed by atoms with Crippen molar-refractivity contribution in [1.82, 2.24) is 10.5 Å². The summed E-state index contributed by atoms with van der Waals surface area (Å²) in [5.74, 6) is 1.84. The Bertz CT molecular complexity index is 500. The van der Waals surface area contributed by atoms with Gasteiger partial charge in [-0.05, 0) is 38.1 Å². The molecule has 19 heavy (non-hydrogen) atoms. The molecule has 0 aliphatic carbocycles. The molecule has 2 aromatic rings. The summed E-state index contributed by atoms with van der Waals surface area (Å²) in [6.07, 6.45) is 0. The van der Waals surface area contributed by atoms with Crippen LogP contribution in [0.4, 0.5) is 0 Å². The maximum Gasteiger partial charge on any atom is 0.137 e. The lowest BCUT2D eigenvalue weighted by atomic mass is 10.2. The van der Waals surface area contributed by atoms with Gasteiger partial charge in [-0.15, -0.1) is 11.8 Å². The van der Waals surface area contributed by atoms with Gasteiger partial charge >= 0.3 is 0 Å². The third kappa shape index (κ3) is 3.85. The Morgan fingerprint density at radius 2 is 1.95 bits per heavy atom. The van der Waals surface area contributed by atoms with Crippen molar-refractivity contribution in [2.45, 2.75) is 38.0 Å². The maximum absolute atomic E-state index is 5.18. The second-order valence-corrected chi connectivity index (χ2v) is 5.56. The van der Waals surface area contributed by atoms with E-state index in [1.54, 1.807) is 0 Å². The van der Waals surface area contributed by atoms with Crippen molar-refractivity contribution >= 4 is 11.8 Å². The number of aryl methyl sites for hydroxylation is 2. The Morgan fingerprint density at radius 1 is 1.21 bits per heavy atom. The van der Waals surface area contributed by atoms with Crippen molar-refractivity contribution in [3.8, 4) is 0 Å². The van der Waals surface area contributed by atoms with E-state index in [2.05, 4.69) is 41.7 Å². The van der Waals surface area contributed by atoms with Gasteiger partial charge in [0.2, 0.25) is 0 Å². The van der Waals surface area contributed by atoms with Crippen molar-refractivity contribution in [2.24, 2.45) is 0 Å². The molecule has 0 aliphatic heterocycles. The van der Waals surface area contributed by atoms with E-state index in [0.29, 0.717) is 0 Å². The fraction of sp³-hybridized carbons (Fsp3) is 0.400. The minimum atomic E-state index is 0.910. The van der Waals surface area contributed by atoms with Gasteiger partial charge in [-0.2, -0.15) is 0 Å². The zero-order valence-electron chi connectivity index (χ0n) is 11.7. The van der Waals surface area contributed by atoms with E-state index >= 15 is 0 Å². The van der Waals surface area contributed by atoms with Gasteiger partial charge in [0.1, 0.15) is 5.76 Å². The van der Waals surface area contributed by atoms with Crippen LogP contribution in [0, 0.1) is 13.8 Å². The van der Waals surface area contributed by atoms with Crippen molar-refractivity contribution in [1.29, 1.82) is 0 Å². The highest BCUT2D eigenvalue weighted by Crippen LogP contribution is 2.26. The molecule has 0 unspecified atom stereocenters. The highest BCUT2D eigenvalue weighted by atomic mass is 32.2. The third-order valence-corrected chi connectivity index (χ3v) is 4.11. The molecule has 0 spiro atoms. The largest absolute Gasteiger partial charge is 0.361 e. The van der Waals surface area contributed by atoms with E-state index in [1.807, 2.05) is 25.6 Å². The quantitative estimate of drug-likeness (QED) is 0.817. The monoisotopic (exact) mass is 276 g/mol. The van der Waals surface area contributed by atoms with Crippen LogP contribution < -0.4 is 5.32 Å². The highest BCUT2D eigenvalue weighted by molar-refractivity contribution is 7.98. The standard InChI is InChI=1S/C15H20N2OS/c1-4-16-9-13-5-7-14(8-6-13)19-10-15-11(2)17-18-12(15)3/h5-8,16H,4,9-10H2,1-3H3. The Labute approximate surface area is 118 Å². The van der Waals surface area contributed by atoms with Gasteiger partial charge in [-0.25, -0.2) is 0 Å². The van der Waals surface area contributed by atoms with Crippen molar-refractivity contribution in [2.75, 3.05) is 6.54 Å². The van der Waals surface area contributed by atoms with Gasteiger partial charge in [0.15, 0.2) is 0 Å². The van der Waals surface area contributed by atoms with Gasteiger partial charge in [-0.1, -0.05) is 24.2 Å². The van der Waals surface area contributed by atoms with Crippen LogP contribution in [0.1, 0.15) is 29.5 Å². The molecule has 3 nitrogen and oxygen atoms in total. The van der Waals surface area contributed by atoms with E-state index in [9.17, 15) is 0 Å². The van der Waals surface area contributed by atoms with Crippen LogP contribution in [0.15, 0.2) is 33.7 Å². The van der Waals surface area contributed by atoms with Crippen molar-refractivity contribution in [3.63, 3.8) is 0 Å². The molecule has 1 N–H and O–H groups in total. The Hall–Kier alpha value is -1.26. The van der Waals surface area contributed by atoms with Crippen molar-refractivity contribution in [3.05, 3.63) is 46.8 Å². The normalized spacial score (nSPS) is 10.9. The molecular weight excluding hydrogens is 256 g/mol. The van der Waals surface area contributed by atoms with Crippen LogP contribution in [0.5, 0.6) is 0 Å². The Balaban J connectivity index is 1.93. The van der Waals surface area contributed by atoms with Crippen LogP contribution in [0.3, 0.4) is 0 Å². The fourth-order valence-corrected chi connectivity index (χ4v) is 2.89. The molecular formula is C15H20N2OS. The number of thioether (sulfide) groups is 1. The number of benzene rings is 1. The first-order chi connectivity index (χ1) is 9.20. The molecule has 2 rings (SSSR count). The summed E-state index contributed by atoms with van der Waals surface area (Å²) >= 11 is 1.82. The molecule has 1 aromatic heterocycles. The van der Waals surface area contributed by atoms with Crippen LogP contribution >= 0.6 is 11.8 Å². The molecule has 0 bridgehead atoms. The van der Waals surface area contributed by atoms with Crippen LogP contribution in [-0.2, 0) is 12.3 Å². The SMILES string of the molecule is CCNCc1ccc(SCc2c(C)noc2C)cc1. The maximum atomic E-state index is 5.18. The second-order valence-electron chi connectivity index (χ2n) is 4.52. The first kappa shape index (κ1) is 14.2. The summed E-state index contributed by atoms with van der Waals surface area (Å²) in [6, 6.07) is 8.71. The summed E-state index contributed by atoms with van der Waals surface area (Å²) in [7, 11) is 0. The summed E-state index contributed by atoms with van der Waals surface area (Å²) in [6.45, 7) is 8.02. The van der Waals surface area contributed by atoms with Crippen LogP contribution in [0.2, 0.25) is 0 Å². The minimum Gasteiger partial charge on any atom is -0.361 e. The smallest absolute Gasteiger partial charge is 0.137 e. The van der Waals surface area contributed by atoms with E-state index < -0.39 is 0 Å². The molecule has 102 valence electrons. The van der Waals surface area contributed by atoms with Crippen molar-refractivity contribution < 1.29 is 4.52 Å². The summed E-state index contributed by atoms with van der Waals surface area (Å²) < 4.78 is 5.18. The van der Waals surface area contributed by atoms with Gasteiger partial charge in [0.25, 0.3) is 0 Å². The third-order valence-electron chi connectivity index (χ3n) is 3.07. The van der Waals surface area contributed by atoms with Gasteiger partial charge < -0.3 is 9.84 Å². The fourth-order valence-electron chi connectivity index (χ4n) is 1.84. The van der Waals surface area contributed by atoms with Crippen LogP contribution in [-0.4, -0.2) is 11.7 Å².